The maximum Gasteiger partial charge on any atom is 0.410 e. The van der Waals surface area contributed by atoms with Crippen molar-refractivity contribution in [1.29, 1.82) is 0 Å². The van der Waals surface area contributed by atoms with Gasteiger partial charge in [0.1, 0.15) is 5.60 Å². The Balaban J connectivity index is 1.65. The molecule has 1 rings (SSSR count). The molecule has 0 spiro atoms. The third-order valence-corrected chi connectivity index (χ3v) is 13.3. The van der Waals surface area contributed by atoms with E-state index >= 15 is 0 Å². The van der Waals surface area contributed by atoms with Crippen LogP contribution in [0.3, 0.4) is 0 Å². The number of azide groups is 1. The summed E-state index contributed by atoms with van der Waals surface area (Å²) in [6, 6.07) is 0. The minimum atomic E-state index is -0.537. The van der Waals surface area contributed by atoms with Gasteiger partial charge in [0.15, 0.2) is 0 Å². The Labute approximate surface area is 551 Å². The molecule has 1 fully saturated rings. The number of rotatable bonds is 75. The number of nitrogens with zero attached hydrogens (tertiary/aromatic N) is 4. The standard InChI is InChI=1S/C61H119BrN4O25/c1-61(2,3)91-60(67)66(57-59-6-4-58(56-62)5-7-59)9-11-69-13-15-71-17-19-73-21-23-75-25-27-77-29-31-79-33-35-81-37-39-83-41-43-85-45-47-87-49-51-89-53-55-90-54-52-88-50-48-86-46-44-84-42-40-82-38-36-80-34-32-78-30-28-76-26-24-74-22-20-72-18-16-70-14-12-68-10-8-64-65-63/h58-59H,4-57H2,1-3H3. The monoisotopic (exact) mass is 1390 g/mol. The van der Waals surface area contributed by atoms with Gasteiger partial charge in [-0.25, -0.2) is 4.79 Å². The van der Waals surface area contributed by atoms with E-state index < -0.39 is 5.60 Å². The van der Waals surface area contributed by atoms with Crippen molar-refractivity contribution in [2.45, 2.75) is 52.1 Å². The quantitative estimate of drug-likeness (QED) is 0.0251. The normalized spacial score (nSPS) is 14.4. The van der Waals surface area contributed by atoms with Crippen LogP contribution in [0.15, 0.2) is 5.11 Å². The molecule has 30 heteroatoms. The molecule has 1 amide bonds. The smallest absolute Gasteiger partial charge is 0.410 e. The molecule has 0 N–H and O–H groups in total. The maximum atomic E-state index is 12.9. The molecule has 0 saturated heterocycles. The Morgan fingerprint density at radius 1 is 0.341 bits per heavy atom. The second-order valence-corrected chi connectivity index (χ2v) is 21.7. The van der Waals surface area contributed by atoms with Crippen LogP contribution in [-0.2, 0) is 114 Å². The summed E-state index contributed by atoms with van der Waals surface area (Å²) in [6.45, 7) is 29.0. The molecule has 0 aromatic heterocycles. The van der Waals surface area contributed by atoms with Gasteiger partial charge in [-0.05, 0) is 63.8 Å². The van der Waals surface area contributed by atoms with Crippen molar-refractivity contribution in [3.8, 4) is 0 Å². The summed E-state index contributed by atoms with van der Waals surface area (Å²) < 4.78 is 133. The highest BCUT2D eigenvalue weighted by Crippen LogP contribution is 2.30. The molecule has 91 heavy (non-hydrogen) atoms. The van der Waals surface area contributed by atoms with Gasteiger partial charge in [0.25, 0.3) is 0 Å². The Morgan fingerprint density at radius 2 is 0.527 bits per heavy atom. The van der Waals surface area contributed by atoms with Crippen LogP contribution in [0.4, 0.5) is 4.79 Å². The predicted molar refractivity (Wildman–Crippen MR) is 340 cm³/mol. The zero-order chi connectivity index (χ0) is 65.4. The summed E-state index contributed by atoms with van der Waals surface area (Å²) in [5.74, 6) is 1.23. The number of ether oxygens (including phenoxy) is 24. The Kier molecular flexibility index (Phi) is 69.3. The highest BCUT2D eigenvalue weighted by Gasteiger charge is 2.27. The second kappa shape index (κ2) is 72.4. The molecule has 540 valence electrons. The molecular weight excluding hydrogens is 1270 g/mol. The third-order valence-electron chi connectivity index (χ3n) is 12.4. The zero-order valence-electron chi connectivity index (χ0n) is 55.7. The van der Waals surface area contributed by atoms with Gasteiger partial charge in [-0.1, -0.05) is 21.0 Å². The first-order chi connectivity index (χ1) is 44.9. The van der Waals surface area contributed by atoms with E-state index in [4.69, 9.17) is 119 Å². The lowest BCUT2D eigenvalue weighted by Crippen LogP contribution is -2.42. The minimum absolute atomic E-state index is 0.276. The molecule has 0 bridgehead atoms. The van der Waals surface area contributed by atoms with Crippen molar-refractivity contribution >= 4 is 22.0 Å². The Bertz CT molecular complexity index is 1520. The third kappa shape index (κ3) is 69.3. The van der Waals surface area contributed by atoms with E-state index in [9.17, 15) is 4.79 Å². The largest absolute Gasteiger partial charge is 0.444 e. The summed E-state index contributed by atoms with van der Waals surface area (Å²) in [5, 5.41) is 4.43. The van der Waals surface area contributed by atoms with E-state index in [0.29, 0.717) is 329 Å². The van der Waals surface area contributed by atoms with E-state index in [2.05, 4.69) is 26.0 Å². The number of carbonyl (C=O) groups is 1. The first-order valence-corrected chi connectivity index (χ1v) is 33.8. The topological polar surface area (TPSA) is 291 Å². The highest BCUT2D eigenvalue weighted by atomic mass is 79.9. The number of alkyl halides is 1. The predicted octanol–water partition coefficient (Wildman–Crippen LogP) is 5.12. The van der Waals surface area contributed by atoms with E-state index in [1.807, 2.05) is 20.8 Å². The van der Waals surface area contributed by atoms with Crippen molar-refractivity contribution in [3.05, 3.63) is 10.4 Å². The summed E-state index contributed by atoms with van der Waals surface area (Å²) in [6.07, 6.45) is 4.39. The summed E-state index contributed by atoms with van der Waals surface area (Å²) in [4.78, 5) is 17.4. The fourth-order valence-corrected chi connectivity index (χ4v) is 8.38. The number of halogens is 1. The van der Waals surface area contributed by atoms with Crippen molar-refractivity contribution < 1.29 is 118 Å². The SMILES string of the molecule is CC(C)(C)OC(=O)N(CCOCCOCCOCCOCCOCCOCCOCCOCCOCCOCCOCCOCCOCCOCCOCCOCCOCCOCCOCCOCCOCCOCCOCCN=[N+]=[N-])CC1CCC(CBr)CC1. The van der Waals surface area contributed by atoms with Crippen molar-refractivity contribution in [2.75, 3.05) is 329 Å². The molecule has 0 aromatic rings. The van der Waals surface area contributed by atoms with Crippen molar-refractivity contribution in [1.82, 2.24) is 4.90 Å². The number of carbonyl (C=O) groups excluding carboxylic acids is 1. The van der Waals surface area contributed by atoms with Crippen molar-refractivity contribution in [3.63, 3.8) is 0 Å². The molecular formula is C61H119BrN4O25. The zero-order valence-corrected chi connectivity index (χ0v) is 57.3. The fourth-order valence-electron chi connectivity index (χ4n) is 7.73. The van der Waals surface area contributed by atoms with E-state index in [0.717, 1.165) is 24.1 Å². The maximum absolute atomic E-state index is 12.9. The van der Waals surface area contributed by atoms with Gasteiger partial charge >= 0.3 is 6.09 Å². The van der Waals surface area contributed by atoms with E-state index in [1.165, 1.54) is 12.8 Å². The molecule has 0 radical (unpaired) electrons. The summed E-state index contributed by atoms with van der Waals surface area (Å²) >= 11 is 3.61. The minimum Gasteiger partial charge on any atom is -0.444 e. The van der Waals surface area contributed by atoms with Crippen LogP contribution >= 0.6 is 15.9 Å². The average molecular weight is 1390 g/mol. The molecule has 1 aliphatic carbocycles. The van der Waals surface area contributed by atoms with Gasteiger partial charge in [0, 0.05) is 29.9 Å². The molecule has 29 nitrogen and oxygen atoms in total. The van der Waals surface area contributed by atoms with Crippen LogP contribution in [0.1, 0.15) is 46.5 Å². The van der Waals surface area contributed by atoms with Gasteiger partial charge in [-0.2, -0.15) is 0 Å². The van der Waals surface area contributed by atoms with Crippen LogP contribution < -0.4 is 0 Å². The van der Waals surface area contributed by atoms with E-state index in [1.54, 1.807) is 4.90 Å². The molecule has 1 aliphatic rings. The number of hydrogen-bond donors (Lipinski definition) is 0. The molecule has 0 aliphatic heterocycles. The molecule has 0 heterocycles. The van der Waals surface area contributed by atoms with Crippen LogP contribution in [0, 0.1) is 11.8 Å². The number of hydrogen-bond acceptors (Lipinski definition) is 26. The molecule has 1 saturated carbocycles. The molecule has 0 aromatic carbocycles. The van der Waals surface area contributed by atoms with Crippen LogP contribution in [0.25, 0.3) is 10.4 Å². The lowest BCUT2D eigenvalue weighted by Gasteiger charge is -2.33. The van der Waals surface area contributed by atoms with E-state index in [-0.39, 0.29) is 6.09 Å². The fraction of sp³-hybridized carbons (Fsp3) is 0.984. The average Bonchev–Trinajstić information content (AvgIpc) is 3.61. The van der Waals surface area contributed by atoms with Gasteiger partial charge in [-0.3, -0.25) is 0 Å². The van der Waals surface area contributed by atoms with Gasteiger partial charge < -0.3 is 119 Å². The van der Waals surface area contributed by atoms with Gasteiger partial charge in [0.05, 0.1) is 304 Å². The van der Waals surface area contributed by atoms with Crippen LogP contribution in [-0.4, -0.2) is 345 Å². The van der Waals surface area contributed by atoms with Gasteiger partial charge in [0.2, 0.25) is 0 Å². The van der Waals surface area contributed by atoms with Crippen LogP contribution in [0.2, 0.25) is 0 Å². The molecule has 0 atom stereocenters. The Hall–Kier alpha value is -1.86. The first kappa shape index (κ1) is 87.2. The lowest BCUT2D eigenvalue weighted by atomic mass is 9.83. The summed E-state index contributed by atoms with van der Waals surface area (Å²) in [7, 11) is 0. The Morgan fingerprint density at radius 3 is 0.714 bits per heavy atom. The summed E-state index contributed by atoms with van der Waals surface area (Å²) in [5.41, 5.74) is 7.64. The second-order valence-electron chi connectivity index (χ2n) is 21.0. The first-order valence-electron chi connectivity index (χ1n) is 32.7. The highest BCUT2D eigenvalue weighted by molar-refractivity contribution is 9.09. The van der Waals surface area contributed by atoms with Gasteiger partial charge in [-0.15, -0.1) is 0 Å². The number of amides is 1. The van der Waals surface area contributed by atoms with Crippen molar-refractivity contribution in [2.24, 2.45) is 17.0 Å². The molecule has 0 unspecified atom stereocenters. The van der Waals surface area contributed by atoms with Crippen LogP contribution in [0.5, 0.6) is 0 Å². The lowest BCUT2D eigenvalue weighted by molar-refractivity contribution is -0.0319.